The molecule has 128 valence electrons. The van der Waals surface area contributed by atoms with Crippen molar-refractivity contribution < 1.29 is 14.0 Å². The Morgan fingerprint density at radius 3 is 2.68 bits per heavy atom. The van der Waals surface area contributed by atoms with Crippen LogP contribution in [0.2, 0.25) is 0 Å². The quantitative estimate of drug-likeness (QED) is 0.682. The fraction of sp³-hybridized carbons (Fsp3) is 0.167. The van der Waals surface area contributed by atoms with E-state index in [0.717, 1.165) is 4.47 Å². The number of fused-ring (bicyclic) bond motifs is 1. The van der Waals surface area contributed by atoms with Gasteiger partial charge in [-0.1, -0.05) is 15.9 Å². The van der Waals surface area contributed by atoms with Crippen molar-refractivity contribution in [3.63, 3.8) is 0 Å². The summed E-state index contributed by atoms with van der Waals surface area (Å²) in [7, 11) is 0. The van der Waals surface area contributed by atoms with E-state index in [0.29, 0.717) is 28.2 Å². The van der Waals surface area contributed by atoms with Crippen LogP contribution in [0.4, 0.5) is 5.69 Å². The molecular formula is C18H16BrN3O3. The third-order valence-corrected chi connectivity index (χ3v) is 4.05. The smallest absolute Gasteiger partial charge is 0.251 e. The van der Waals surface area contributed by atoms with E-state index in [2.05, 4.69) is 31.5 Å². The fourth-order valence-corrected chi connectivity index (χ4v) is 2.60. The van der Waals surface area contributed by atoms with Crippen molar-refractivity contribution >= 4 is 44.5 Å². The molecule has 0 aliphatic rings. The molecular weight excluding hydrogens is 386 g/mol. The number of anilines is 1. The van der Waals surface area contributed by atoms with Gasteiger partial charge in [-0.3, -0.25) is 9.59 Å². The Morgan fingerprint density at radius 1 is 1.16 bits per heavy atom. The average molecular weight is 402 g/mol. The zero-order valence-electron chi connectivity index (χ0n) is 13.5. The molecule has 0 unspecified atom stereocenters. The molecule has 2 amide bonds. The van der Waals surface area contributed by atoms with Crippen molar-refractivity contribution in [3.8, 4) is 0 Å². The number of benzene rings is 2. The van der Waals surface area contributed by atoms with Gasteiger partial charge in [0.1, 0.15) is 5.52 Å². The lowest BCUT2D eigenvalue weighted by Crippen LogP contribution is -2.27. The lowest BCUT2D eigenvalue weighted by atomic mass is 10.2. The maximum atomic E-state index is 12.0. The highest BCUT2D eigenvalue weighted by Crippen LogP contribution is 2.19. The number of nitrogens with one attached hydrogen (secondary N) is 2. The van der Waals surface area contributed by atoms with E-state index in [1.54, 1.807) is 49.4 Å². The minimum Gasteiger partial charge on any atom is -0.441 e. The molecule has 0 aliphatic carbocycles. The maximum absolute atomic E-state index is 12.0. The number of oxazole rings is 1. The predicted octanol–water partition coefficient (Wildman–Crippen LogP) is 3.66. The van der Waals surface area contributed by atoms with Gasteiger partial charge < -0.3 is 15.1 Å². The second kappa shape index (κ2) is 7.48. The van der Waals surface area contributed by atoms with Crippen LogP contribution in [-0.2, 0) is 4.79 Å². The molecule has 0 atom stereocenters. The van der Waals surface area contributed by atoms with Gasteiger partial charge in [-0.2, -0.15) is 0 Å². The number of aromatic nitrogens is 1. The summed E-state index contributed by atoms with van der Waals surface area (Å²) in [5.74, 6) is 0.185. The van der Waals surface area contributed by atoms with Crippen molar-refractivity contribution in [1.82, 2.24) is 10.3 Å². The zero-order valence-corrected chi connectivity index (χ0v) is 15.1. The molecule has 0 saturated carbocycles. The Kier molecular flexibility index (Phi) is 5.14. The molecule has 1 heterocycles. The maximum Gasteiger partial charge on any atom is 0.251 e. The molecule has 7 heteroatoms. The summed E-state index contributed by atoms with van der Waals surface area (Å²) >= 11 is 3.32. The monoisotopic (exact) mass is 401 g/mol. The fourth-order valence-electron chi connectivity index (χ4n) is 2.34. The molecule has 3 rings (SSSR count). The van der Waals surface area contributed by atoms with Gasteiger partial charge in [0.25, 0.3) is 5.91 Å². The number of hydrogen-bond donors (Lipinski definition) is 2. The Balaban J connectivity index is 1.50. The number of amides is 2. The number of carbonyl (C=O) groups excluding carboxylic acids is 2. The molecule has 0 aliphatic heterocycles. The number of nitrogens with zero attached hydrogens (tertiary/aromatic N) is 1. The van der Waals surface area contributed by atoms with Crippen LogP contribution >= 0.6 is 15.9 Å². The lowest BCUT2D eigenvalue weighted by Gasteiger charge is -2.07. The summed E-state index contributed by atoms with van der Waals surface area (Å²) in [5, 5.41) is 5.51. The molecule has 2 aromatic carbocycles. The highest BCUT2D eigenvalue weighted by atomic mass is 79.9. The summed E-state index contributed by atoms with van der Waals surface area (Å²) in [6, 6.07) is 12.3. The molecule has 0 bridgehead atoms. The van der Waals surface area contributed by atoms with Crippen molar-refractivity contribution in [2.75, 3.05) is 11.9 Å². The average Bonchev–Trinajstić information content (AvgIpc) is 2.94. The van der Waals surface area contributed by atoms with Crippen LogP contribution in [0.5, 0.6) is 0 Å². The topological polar surface area (TPSA) is 84.2 Å². The van der Waals surface area contributed by atoms with Gasteiger partial charge in [-0.25, -0.2) is 4.98 Å². The number of aryl methyl sites for hydroxylation is 1. The summed E-state index contributed by atoms with van der Waals surface area (Å²) < 4.78 is 6.30. The minimum atomic E-state index is -0.209. The van der Waals surface area contributed by atoms with Crippen LogP contribution in [-0.4, -0.2) is 23.3 Å². The van der Waals surface area contributed by atoms with Crippen LogP contribution in [0.3, 0.4) is 0 Å². The molecule has 0 spiro atoms. The van der Waals surface area contributed by atoms with E-state index in [1.807, 2.05) is 0 Å². The molecule has 0 saturated heterocycles. The largest absolute Gasteiger partial charge is 0.441 e. The minimum absolute atomic E-state index is 0.179. The zero-order chi connectivity index (χ0) is 17.8. The second-order valence-electron chi connectivity index (χ2n) is 5.48. The van der Waals surface area contributed by atoms with E-state index < -0.39 is 0 Å². The first-order chi connectivity index (χ1) is 12.0. The summed E-state index contributed by atoms with van der Waals surface area (Å²) in [6.07, 6.45) is 0.179. The molecule has 3 aromatic rings. The van der Waals surface area contributed by atoms with Crippen LogP contribution in [0.25, 0.3) is 11.1 Å². The van der Waals surface area contributed by atoms with Crippen molar-refractivity contribution in [2.45, 2.75) is 13.3 Å². The molecule has 2 N–H and O–H groups in total. The van der Waals surface area contributed by atoms with E-state index in [4.69, 9.17) is 4.42 Å². The Hall–Kier alpha value is -2.67. The van der Waals surface area contributed by atoms with E-state index in [-0.39, 0.29) is 24.8 Å². The van der Waals surface area contributed by atoms with Gasteiger partial charge in [0, 0.05) is 35.6 Å². The Labute approximate surface area is 152 Å². The highest BCUT2D eigenvalue weighted by molar-refractivity contribution is 9.10. The number of rotatable bonds is 5. The lowest BCUT2D eigenvalue weighted by molar-refractivity contribution is -0.116. The first-order valence-electron chi connectivity index (χ1n) is 7.72. The van der Waals surface area contributed by atoms with Gasteiger partial charge in [-0.15, -0.1) is 0 Å². The molecule has 1 aromatic heterocycles. The normalized spacial score (nSPS) is 10.6. The first kappa shape index (κ1) is 17.2. The van der Waals surface area contributed by atoms with Crippen molar-refractivity contribution in [3.05, 3.63) is 58.4 Å². The predicted molar refractivity (Wildman–Crippen MR) is 98.5 cm³/mol. The van der Waals surface area contributed by atoms with Gasteiger partial charge in [-0.05, 0) is 42.5 Å². The van der Waals surface area contributed by atoms with Crippen LogP contribution < -0.4 is 10.6 Å². The van der Waals surface area contributed by atoms with Crippen LogP contribution in [0.15, 0.2) is 51.4 Å². The molecule has 0 radical (unpaired) electrons. The van der Waals surface area contributed by atoms with Gasteiger partial charge in [0.05, 0.1) is 0 Å². The van der Waals surface area contributed by atoms with Gasteiger partial charge >= 0.3 is 0 Å². The van der Waals surface area contributed by atoms with Gasteiger partial charge in [0.2, 0.25) is 5.91 Å². The Morgan fingerprint density at radius 2 is 1.92 bits per heavy atom. The van der Waals surface area contributed by atoms with E-state index >= 15 is 0 Å². The number of hydrogen-bond acceptors (Lipinski definition) is 4. The molecule has 6 nitrogen and oxygen atoms in total. The van der Waals surface area contributed by atoms with Crippen molar-refractivity contribution in [2.24, 2.45) is 0 Å². The second-order valence-corrected chi connectivity index (χ2v) is 6.39. The third kappa shape index (κ3) is 4.45. The van der Waals surface area contributed by atoms with Crippen molar-refractivity contribution in [1.29, 1.82) is 0 Å². The van der Waals surface area contributed by atoms with Crippen LogP contribution in [0, 0.1) is 6.92 Å². The first-order valence-corrected chi connectivity index (χ1v) is 8.51. The third-order valence-electron chi connectivity index (χ3n) is 3.52. The number of halogens is 1. The van der Waals surface area contributed by atoms with Gasteiger partial charge in [0.15, 0.2) is 11.5 Å². The SMILES string of the molecule is Cc1nc2cc(NC(=O)CCNC(=O)c3ccc(Br)cc3)ccc2o1. The number of carbonyl (C=O) groups is 2. The summed E-state index contributed by atoms with van der Waals surface area (Å²) in [4.78, 5) is 28.2. The van der Waals surface area contributed by atoms with Crippen LogP contribution in [0.1, 0.15) is 22.7 Å². The summed E-state index contributed by atoms with van der Waals surface area (Å²) in [6.45, 7) is 2.03. The summed E-state index contributed by atoms with van der Waals surface area (Å²) in [5.41, 5.74) is 2.57. The Bertz CT molecular complexity index is 919. The van der Waals surface area contributed by atoms with E-state index in [1.165, 1.54) is 0 Å². The standard InChI is InChI=1S/C18H16BrN3O3/c1-11-21-15-10-14(6-7-16(15)25-11)22-17(23)8-9-20-18(24)12-2-4-13(19)5-3-12/h2-7,10H,8-9H2,1H3,(H,20,24)(H,22,23). The molecule has 0 fully saturated rings. The highest BCUT2D eigenvalue weighted by Gasteiger charge is 2.08. The van der Waals surface area contributed by atoms with E-state index in [9.17, 15) is 9.59 Å². The molecule has 25 heavy (non-hydrogen) atoms.